The fraction of sp³-hybridized carbons (Fsp3) is 0.200. The predicted octanol–water partition coefficient (Wildman–Crippen LogP) is 5.54. The zero-order valence-electron chi connectivity index (χ0n) is 12.9. The van der Waals surface area contributed by atoms with Gasteiger partial charge < -0.3 is 5.32 Å². The second-order valence-corrected chi connectivity index (χ2v) is 5.09. The van der Waals surface area contributed by atoms with Gasteiger partial charge in [-0.1, -0.05) is 69.5 Å². The van der Waals surface area contributed by atoms with Crippen LogP contribution in [0.2, 0.25) is 0 Å². The lowest BCUT2D eigenvalue weighted by Gasteiger charge is -2.16. The van der Waals surface area contributed by atoms with E-state index in [1.807, 2.05) is 18.2 Å². The second kappa shape index (κ2) is 6.94. The molecule has 2 aromatic rings. The first-order valence-electron chi connectivity index (χ1n) is 7.49. The minimum atomic E-state index is 0.911. The first kappa shape index (κ1) is 15.1. The number of hydrogen-bond acceptors (Lipinski definition) is 1. The number of benzene rings is 2. The van der Waals surface area contributed by atoms with Crippen LogP contribution in [0.1, 0.15) is 36.1 Å². The zero-order chi connectivity index (χ0) is 15.2. The number of rotatable bonds is 6. The Morgan fingerprint density at radius 2 is 1.86 bits per heavy atom. The molecule has 1 N–H and O–H groups in total. The topological polar surface area (TPSA) is 12.0 Å². The molecule has 0 aliphatic carbocycles. The highest BCUT2D eigenvalue weighted by Crippen LogP contribution is 2.25. The van der Waals surface area contributed by atoms with Crippen molar-refractivity contribution in [2.75, 3.05) is 5.32 Å². The van der Waals surface area contributed by atoms with Crippen LogP contribution < -0.4 is 5.32 Å². The molecule has 0 fully saturated rings. The molecule has 0 saturated carbocycles. The summed E-state index contributed by atoms with van der Waals surface area (Å²) in [6.45, 7) is 12.4. The van der Waals surface area contributed by atoms with Gasteiger partial charge in [-0.2, -0.15) is 0 Å². The minimum absolute atomic E-state index is 0.911. The van der Waals surface area contributed by atoms with Crippen LogP contribution in [0.4, 0.5) is 5.69 Å². The monoisotopic (exact) mass is 277 g/mol. The van der Waals surface area contributed by atoms with Crippen molar-refractivity contribution in [1.29, 1.82) is 0 Å². The number of nitrogens with one attached hydrogen (secondary N) is 1. The van der Waals surface area contributed by atoms with E-state index in [-0.39, 0.29) is 0 Å². The molecule has 1 heteroatoms. The van der Waals surface area contributed by atoms with E-state index >= 15 is 0 Å². The fourth-order valence-corrected chi connectivity index (χ4v) is 2.45. The summed E-state index contributed by atoms with van der Waals surface area (Å²) in [6.07, 6.45) is 3.91. The third kappa shape index (κ3) is 3.43. The Hall–Kier alpha value is -2.28. The van der Waals surface area contributed by atoms with Gasteiger partial charge in [0.05, 0.1) is 0 Å². The Morgan fingerprint density at radius 3 is 2.52 bits per heavy atom. The SMILES string of the molecule is C=Cc1ccccc1C(=C)Nc1cc(CC)ccc1CC. The lowest BCUT2D eigenvalue weighted by atomic mass is 10.0. The van der Waals surface area contributed by atoms with Crippen molar-refractivity contribution in [3.8, 4) is 0 Å². The smallest absolute Gasteiger partial charge is 0.0419 e. The van der Waals surface area contributed by atoms with Gasteiger partial charge in [0.2, 0.25) is 0 Å². The normalized spacial score (nSPS) is 10.2. The summed E-state index contributed by atoms with van der Waals surface area (Å²) < 4.78 is 0. The van der Waals surface area contributed by atoms with Crippen molar-refractivity contribution in [3.63, 3.8) is 0 Å². The first-order chi connectivity index (χ1) is 10.2. The van der Waals surface area contributed by atoms with E-state index in [1.165, 1.54) is 11.1 Å². The van der Waals surface area contributed by atoms with Crippen molar-refractivity contribution in [2.45, 2.75) is 26.7 Å². The van der Waals surface area contributed by atoms with Crippen molar-refractivity contribution >= 4 is 17.5 Å². The summed E-state index contributed by atoms with van der Waals surface area (Å²) >= 11 is 0. The highest BCUT2D eigenvalue weighted by Gasteiger charge is 2.07. The molecule has 0 aromatic heterocycles. The van der Waals surface area contributed by atoms with Crippen molar-refractivity contribution in [3.05, 3.63) is 77.9 Å². The lowest BCUT2D eigenvalue weighted by Crippen LogP contribution is -2.02. The molecule has 0 aliphatic rings. The highest BCUT2D eigenvalue weighted by molar-refractivity contribution is 5.81. The molecule has 0 bridgehead atoms. The minimum Gasteiger partial charge on any atom is -0.355 e. The van der Waals surface area contributed by atoms with E-state index in [9.17, 15) is 0 Å². The molecule has 2 rings (SSSR count). The van der Waals surface area contributed by atoms with E-state index in [0.717, 1.165) is 35.4 Å². The van der Waals surface area contributed by atoms with E-state index in [0.29, 0.717) is 0 Å². The van der Waals surface area contributed by atoms with E-state index < -0.39 is 0 Å². The molecule has 0 aliphatic heterocycles. The maximum absolute atomic E-state index is 4.20. The van der Waals surface area contributed by atoms with Gasteiger partial charge >= 0.3 is 0 Å². The molecule has 0 atom stereocenters. The Bertz CT molecular complexity index is 653. The molecule has 0 radical (unpaired) electrons. The largest absolute Gasteiger partial charge is 0.355 e. The van der Waals surface area contributed by atoms with E-state index in [2.05, 4.69) is 62.7 Å². The second-order valence-electron chi connectivity index (χ2n) is 5.09. The summed E-state index contributed by atoms with van der Waals surface area (Å²) in [7, 11) is 0. The van der Waals surface area contributed by atoms with E-state index in [4.69, 9.17) is 0 Å². The molecule has 21 heavy (non-hydrogen) atoms. The van der Waals surface area contributed by atoms with Gasteiger partial charge in [-0.05, 0) is 35.6 Å². The lowest BCUT2D eigenvalue weighted by molar-refractivity contribution is 1.10. The molecule has 0 amide bonds. The predicted molar refractivity (Wildman–Crippen MR) is 94.4 cm³/mol. The van der Waals surface area contributed by atoms with Gasteiger partial charge in [0.25, 0.3) is 0 Å². The molecule has 0 unspecified atom stereocenters. The number of aryl methyl sites for hydroxylation is 2. The Morgan fingerprint density at radius 1 is 1.10 bits per heavy atom. The van der Waals surface area contributed by atoms with Gasteiger partial charge in [0.15, 0.2) is 0 Å². The van der Waals surface area contributed by atoms with Crippen molar-refractivity contribution in [2.24, 2.45) is 0 Å². The van der Waals surface area contributed by atoms with Gasteiger partial charge in [-0.25, -0.2) is 0 Å². The van der Waals surface area contributed by atoms with Crippen LogP contribution in [0.3, 0.4) is 0 Å². The molecular formula is C20H23N. The Labute approximate surface area is 128 Å². The fourth-order valence-electron chi connectivity index (χ4n) is 2.45. The third-order valence-corrected chi connectivity index (χ3v) is 3.75. The summed E-state index contributed by atoms with van der Waals surface area (Å²) in [5.74, 6) is 0. The zero-order valence-corrected chi connectivity index (χ0v) is 12.9. The summed E-state index contributed by atoms with van der Waals surface area (Å²) in [5.41, 5.74) is 6.90. The van der Waals surface area contributed by atoms with Crippen molar-refractivity contribution in [1.82, 2.24) is 0 Å². The third-order valence-electron chi connectivity index (χ3n) is 3.75. The number of hydrogen-bond donors (Lipinski definition) is 1. The summed E-state index contributed by atoms with van der Waals surface area (Å²) in [6, 6.07) is 14.8. The average molecular weight is 277 g/mol. The van der Waals surface area contributed by atoms with Crippen LogP contribution in [0.15, 0.2) is 55.6 Å². The number of anilines is 1. The standard InChI is InChI=1S/C20H23N/c1-5-16-12-13-18(7-3)20(14-16)21-15(4)19-11-9-8-10-17(19)6-2/h6,8-14,21H,2,4-5,7H2,1,3H3. The van der Waals surface area contributed by atoms with Crippen LogP contribution in [-0.2, 0) is 12.8 Å². The van der Waals surface area contributed by atoms with Gasteiger partial charge in [0, 0.05) is 16.9 Å². The van der Waals surface area contributed by atoms with Crippen LogP contribution in [0, 0.1) is 0 Å². The maximum Gasteiger partial charge on any atom is 0.0419 e. The van der Waals surface area contributed by atoms with Crippen LogP contribution in [-0.4, -0.2) is 0 Å². The van der Waals surface area contributed by atoms with Crippen LogP contribution in [0.5, 0.6) is 0 Å². The molecule has 0 heterocycles. The molecular weight excluding hydrogens is 254 g/mol. The molecule has 2 aromatic carbocycles. The van der Waals surface area contributed by atoms with Crippen molar-refractivity contribution < 1.29 is 0 Å². The molecule has 1 nitrogen and oxygen atoms in total. The van der Waals surface area contributed by atoms with Gasteiger partial charge in [0.1, 0.15) is 0 Å². The van der Waals surface area contributed by atoms with Gasteiger partial charge in [-0.15, -0.1) is 0 Å². The van der Waals surface area contributed by atoms with Crippen LogP contribution >= 0.6 is 0 Å². The average Bonchev–Trinajstić information content (AvgIpc) is 2.54. The maximum atomic E-state index is 4.20. The summed E-state index contributed by atoms with van der Waals surface area (Å²) in [4.78, 5) is 0. The van der Waals surface area contributed by atoms with Crippen LogP contribution in [0.25, 0.3) is 11.8 Å². The Kier molecular flexibility index (Phi) is 4.99. The first-order valence-corrected chi connectivity index (χ1v) is 7.49. The summed E-state index contributed by atoms with van der Waals surface area (Å²) in [5, 5.41) is 3.48. The molecule has 0 saturated heterocycles. The van der Waals surface area contributed by atoms with Gasteiger partial charge in [-0.3, -0.25) is 0 Å². The highest BCUT2D eigenvalue weighted by atomic mass is 14.9. The molecule has 108 valence electrons. The molecule has 0 spiro atoms. The quantitative estimate of drug-likeness (QED) is 0.731. The Balaban J connectivity index is 2.32. The van der Waals surface area contributed by atoms with E-state index in [1.54, 1.807) is 0 Å².